The van der Waals surface area contributed by atoms with Gasteiger partial charge in [-0.3, -0.25) is 4.79 Å². The van der Waals surface area contributed by atoms with E-state index >= 15 is 0 Å². The third kappa shape index (κ3) is 8.92. The monoisotopic (exact) mass is 442 g/mol. The van der Waals surface area contributed by atoms with Crippen molar-refractivity contribution in [1.82, 2.24) is 10.2 Å². The van der Waals surface area contributed by atoms with Gasteiger partial charge in [0.25, 0.3) is 0 Å². The zero-order valence-corrected chi connectivity index (χ0v) is 18.3. The van der Waals surface area contributed by atoms with E-state index in [-0.39, 0.29) is 51.2 Å². The van der Waals surface area contributed by atoms with Gasteiger partial charge in [0.05, 0.1) is 19.8 Å². The molecule has 0 aromatic carbocycles. The normalized spacial score (nSPS) is 18.6. The number of carbonyl (C=O) groups excluding carboxylic acids is 2. The van der Waals surface area contributed by atoms with Crippen LogP contribution in [0.2, 0.25) is 0 Å². The molecule has 0 aromatic rings. The van der Waals surface area contributed by atoms with Crippen LogP contribution in [0.15, 0.2) is 49.0 Å². The molecule has 0 saturated carbocycles. The summed E-state index contributed by atoms with van der Waals surface area (Å²) in [5.41, 5.74) is -0.704. The number of carbonyl (C=O) groups is 2. The van der Waals surface area contributed by atoms with E-state index in [9.17, 15) is 18.4 Å². The lowest BCUT2D eigenvalue weighted by Crippen LogP contribution is -2.44. The second-order valence-corrected chi connectivity index (χ2v) is 7.44. The van der Waals surface area contributed by atoms with Crippen molar-refractivity contribution < 1.29 is 32.6 Å². The van der Waals surface area contributed by atoms with Crippen molar-refractivity contribution in [2.75, 3.05) is 46.1 Å². The fourth-order valence-corrected chi connectivity index (χ4v) is 2.81. The average Bonchev–Trinajstić information content (AvgIpc) is 3.15. The first-order chi connectivity index (χ1) is 14.6. The predicted octanol–water partition coefficient (Wildman–Crippen LogP) is 3.45. The summed E-state index contributed by atoms with van der Waals surface area (Å²) in [6.45, 7) is 14.3. The molecule has 0 radical (unpaired) electrons. The number of likely N-dealkylation sites (tertiary alicyclic amines) is 1. The number of alkyl halides is 1. The molecule has 2 amide bonds. The molecular weight excluding hydrogens is 410 g/mol. The van der Waals surface area contributed by atoms with Gasteiger partial charge in [0, 0.05) is 25.6 Å². The molecule has 174 valence electrons. The summed E-state index contributed by atoms with van der Waals surface area (Å²) < 4.78 is 42.7. The fraction of sp³-hybridized carbons (Fsp3) is 0.545. The molecule has 9 heteroatoms. The number of ether oxygens (including phenoxy) is 3. The predicted molar refractivity (Wildman–Crippen MR) is 114 cm³/mol. The van der Waals surface area contributed by atoms with Crippen LogP contribution in [0.3, 0.4) is 0 Å². The Morgan fingerprint density at radius 1 is 1.26 bits per heavy atom. The van der Waals surface area contributed by atoms with Gasteiger partial charge >= 0.3 is 6.09 Å². The van der Waals surface area contributed by atoms with E-state index in [1.54, 1.807) is 0 Å². The zero-order chi connectivity index (χ0) is 23.4. The maximum Gasteiger partial charge on any atom is 0.407 e. The van der Waals surface area contributed by atoms with Crippen molar-refractivity contribution in [3.05, 3.63) is 49.0 Å². The SMILES string of the molecule is C=CC(=O)N1CCC(CF)(OC(=O)NCCOCCO/C(=C/C(=C)F)C(=C)C(C)C)C1. The Bertz CT molecular complexity index is 708. The van der Waals surface area contributed by atoms with Crippen LogP contribution >= 0.6 is 0 Å². The van der Waals surface area contributed by atoms with Crippen molar-refractivity contribution >= 4 is 12.0 Å². The first-order valence-electron chi connectivity index (χ1n) is 10.0. The van der Waals surface area contributed by atoms with Crippen molar-refractivity contribution in [3.8, 4) is 0 Å². The summed E-state index contributed by atoms with van der Waals surface area (Å²) in [5.74, 6) is -0.576. The first kappa shape index (κ1) is 26.4. The van der Waals surface area contributed by atoms with Gasteiger partial charge in [-0.15, -0.1) is 0 Å². The second kappa shape index (κ2) is 12.9. The Hall–Kier alpha value is -2.68. The largest absolute Gasteiger partial charge is 0.491 e. The standard InChI is InChI=1S/C22H32F2N2O5/c1-6-20(27)26-9-7-22(14-23,15-26)31-21(28)25-8-10-29-11-12-30-19(13-17(4)24)18(5)16(2)3/h6,13,16H,1,4-5,7-12,14-15H2,2-3H3,(H,25,28)/b19-13+. The zero-order valence-electron chi connectivity index (χ0n) is 18.3. The molecule has 1 atom stereocenters. The number of alkyl carbamates (subject to hydrolysis) is 1. The fourth-order valence-electron chi connectivity index (χ4n) is 2.81. The molecule has 1 saturated heterocycles. The number of nitrogens with zero attached hydrogens (tertiary/aromatic N) is 1. The number of nitrogens with one attached hydrogen (secondary N) is 1. The van der Waals surface area contributed by atoms with Gasteiger partial charge in [-0.05, 0) is 17.6 Å². The molecule has 1 aliphatic rings. The molecule has 1 N–H and O–H groups in total. The molecule has 0 aliphatic carbocycles. The molecular formula is C22H32F2N2O5. The summed E-state index contributed by atoms with van der Waals surface area (Å²) in [5, 5.41) is 2.48. The number of amides is 2. The van der Waals surface area contributed by atoms with E-state index < -0.39 is 24.2 Å². The smallest absolute Gasteiger partial charge is 0.407 e. The minimum atomic E-state index is -1.35. The topological polar surface area (TPSA) is 77.1 Å². The van der Waals surface area contributed by atoms with Crippen molar-refractivity contribution in [2.45, 2.75) is 25.9 Å². The van der Waals surface area contributed by atoms with Crippen LogP contribution in [-0.2, 0) is 19.0 Å². The maximum atomic E-state index is 13.5. The van der Waals surface area contributed by atoms with E-state index in [4.69, 9.17) is 14.2 Å². The van der Waals surface area contributed by atoms with Crippen LogP contribution in [0.1, 0.15) is 20.3 Å². The summed E-state index contributed by atoms with van der Waals surface area (Å²) in [7, 11) is 0. The quantitative estimate of drug-likeness (QED) is 0.205. The van der Waals surface area contributed by atoms with Crippen LogP contribution in [0.4, 0.5) is 13.6 Å². The lowest BCUT2D eigenvalue weighted by molar-refractivity contribution is -0.126. The summed E-state index contributed by atoms with van der Waals surface area (Å²) >= 11 is 0. The molecule has 0 spiro atoms. The number of hydrogen-bond acceptors (Lipinski definition) is 5. The Kier molecular flexibility index (Phi) is 11.0. The van der Waals surface area contributed by atoms with E-state index in [0.29, 0.717) is 17.9 Å². The van der Waals surface area contributed by atoms with Gasteiger partial charge in [0.2, 0.25) is 5.91 Å². The van der Waals surface area contributed by atoms with Gasteiger partial charge < -0.3 is 24.4 Å². The highest BCUT2D eigenvalue weighted by Gasteiger charge is 2.43. The summed E-state index contributed by atoms with van der Waals surface area (Å²) in [6, 6.07) is 0. The van der Waals surface area contributed by atoms with Gasteiger partial charge in [-0.1, -0.05) is 33.6 Å². The van der Waals surface area contributed by atoms with E-state index in [1.807, 2.05) is 13.8 Å². The first-order valence-corrected chi connectivity index (χ1v) is 10.0. The Labute approximate surface area is 182 Å². The molecule has 31 heavy (non-hydrogen) atoms. The van der Waals surface area contributed by atoms with Crippen molar-refractivity contribution in [3.63, 3.8) is 0 Å². The van der Waals surface area contributed by atoms with Crippen LogP contribution in [-0.4, -0.2) is 68.6 Å². The van der Waals surface area contributed by atoms with Crippen LogP contribution in [0, 0.1) is 5.92 Å². The minimum absolute atomic E-state index is 0.0154. The van der Waals surface area contributed by atoms with E-state index in [2.05, 4.69) is 25.1 Å². The highest BCUT2D eigenvalue weighted by atomic mass is 19.1. The highest BCUT2D eigenvalue weighted by molar-refractivity contribution is 5.87. The summed E-state index contributed by atoms with van der Waals surface area (Å²) in [4.78, 5) is 25.0. The molecule has 0 bridgehead atoms. The molecule has 1 unspecified atom stereocenters. The molecule has 1 aliphatic heterocycles. The van der Waals surface area contributed by atoms with E-state index in [0.717, 1.165) is 6.08 Å². The van der Waals surface area contributed by atoms with E-state index in [1.165, 1.54) is 11.0 Å². The number of allylic oxidation sites excluding steroid dienone is 3. The highest BCUT2D eigenvalue weighted by Crippen LogP contribution is 2.26. The molecule has 1 fully saturated rings. The maximum absolute atomic E-state index is 13.5. The van der Waals surface area contributed by atoms with Gasteiger partial charge in [0.15, 0.2) is 5.60 Å². The Morgan fingerprint density at radius 3 is 2.55 bits per heavy atom. The van der Waals surface area contributed by atoms with Crippen LogP contribution in [0.25, 0.3) is 0 Å². The van der Waals surface area contributed by atoms with Crippen LogP contribution < -0.4 is 5.32 Å². The number of hydrogen-bond donors (Lipinski definition) is 1. The third-order valence-corrected chi connectivity index (χ3v) is 4.66. The van der Waals surface area contributed by atoms with Gasteiger partial charge in [0.1, 0.15) is 24.9 Å². The minimum Gasteiger partial charge on any atom is -0.491 e. The molecule has 0 aromatic heterocycles. The molecule has 1 rings (SSSR count). The van der Waals surface area contributed by atoms with Crippen molar-refractivity contribution in [1.29, 1.82) is 0 Å². The third-order valence-electron chi connectivity index (χ3n) is 4.66. The lowest BCUT2D eigenvalue weighted by Gasteiger charge is -2.26. The van der Waals surface area contributed by atoms with Crippen LogP contribution in [0.5, 0.6) is 0 Å². The van der Waals surface area contributed by atoms with Gasteiger partial charge in [-0.2, -0.15) is 0 Å². The average molecular weight is 443 g/mol. The van der Waals surface area contributed by atoms with Gasteiger partial charge in [-0.25, -0.2) is 13.6 Å². The van der Waals surface area contributed by atoms with Crippen molar-refractivity contribution in [2.24, 2.45) is 5.92 Å². The second-order valence-electron chi connectivity index (χ2n) is 7.44. The Morgan fingerprint density at radius 2 is 1.97 bits per heavy atom. The lowest BCUT2D eigenvalue weighted by atomic mass is 10.0. The molecule has 7 nitrogen and oxygen atoms in total. The Balaban J connectivity index is 2.30. The molecule has 1 heterocycles. The number of halogens is 2. The summed E-state index contributed by atoms with van der Waals surface area (Å²) in [6.07, 6.45) is 1.74. The number of rotatable bonds is 13.